The molecule has 2 rings (SSSR count). The molecular weight excluding hydrogens is 316 g/mol. The minimum absolute atomic E-state index is 0. The van der Waals surface area contributed by atoms with Crippen molar-refractivity contribution in [2.45, 2.75) is 45.4 Å². The summed E-state index contributed by atoms with van der Waals surface area (Å²) in [7, 11) is 1.69. The van der Waals surface area contributed by atoms with Gasteiger partial charge in [0, 0.05) is 26.9 Å². The highest BCUT2D eigenvalue weighted by molar-refractivity contribution is 5.85. The van der Waals surface area contributed by atoms with E-state index in [2.05, 4.69) is 10.6 Å². The quantitative estimate of drug-likeness (QED) is 0.627. The van der Waals surface area contributed by atoms with Crippen molar-refractivity contribution >= 4 is 18.3 Å². The Bertz CT molecular complexity index is 350. The lowest BCUT2D eigenvalue weighted by molar-refractivity contribution is -0.137. The summed E-state index contributed by atoms with van der Waals surface area (Å²) in [5.74, 6) is 0.179. The summed E-state index contributed by atoms with van der Waals surface area (Å²) < 4.78 is 10.9. The Morgan fingerprint density at radius 2 is 1.91 bits per heavy atom. The lowest BCUT2D eigenvalue weighted by Crippen LogP contribution is -2.53. The number of amides is 1. The molecule has 2 fully saturated rings. The largest absolute Gasteiger partial charge is 0.384 e. The summed E-state index contributed by atoms with van der Waals surface area (Å²) in [6.45, 7) is 6.70. The van der Waals surface area contributed by atoms with Gasteiger partial charge in [-0.3, -0.25) is 4.79 Å². The normalized spacial score (nSPS) is 21.8. The van der Waals surface area contributed by atoms with Crippen LogP contribution in [0.15, 0.2) is 0 Å². The predicted octanol–water partition coefficient (Wildman–Crippen LogP) is 2.14. The van der Waals surface area contributed by atoms with E-state index in [1.165, 1.54) is 19.3 Å². The van der Waals surface area contributed by atoms with Gasteiger partial charge in [-0.1, -0.05) is 6.42 Å². The zero-order valence-electron chi connectivity index (χ0n) is 14.6. The second kappa shape index (κ2) is 9.82. The molecule has 1 aliphatic carbocycles. The molecule has 0 aromatic heterocycles. The van der Waals surface area contributed by atoms with Gasteiger partial charge < -0.3 is 20.1 Å². The zero-order valence-corrected chi connectivity index (χ0v) is 15.4. The van der Waals surface area contributed by atoms with Crippen LogP contribution < -0.4 is 10.6 Å². The molecule has 0 atom stereocenters. The summed E-state index contributed by atoms with van der Waals surface area (Å²) in [4.78, 5) is 12.8. The number of carbonyl (C=O) groups is 1. The van der Waals surface area contributed by atoms with Crippen molar-refractivity contribution in [3.05, 3.63) is 0 Å². The van der Waals surface area contributed by atoms with Crippen LogP contribution in [0.2, 0.25) is 0 Å². The third-order valence-electron chi connectivity index (χ3n) is 5.48. The maximum atomic E-state index is 12.8. The lowest BCUT2D eigenvalue weighted by atomic mass is 9.66. The Morgan fingerprint density at radius 1 is 1.22 bits per heavy atom. The molecule has 1 amide bonds. The number of nitrogens with one attached hydrogen (secondary N) is 2. The number of hydrogen-bond donors (Lipinski definition) is 2. The van der Waals surface area contributed by atoms with Gasteiger partial charge in [0.2, 0.25) is 5.91 Å². The fourth-order valence-corrected chi connectivity index (χ4v) is 3.70. The third kappa shape index (κ3) is 5.31. The van der Waals surface area contributed by atoms with Crippen LogP contribution in [0.3, 0.4) is 0 Å². The van der Waals surface area contributed by atoms with Crippen molar-refractivity contribution in [1.82, 2.24) is 10.6 Å². The van der Waals surface area contributed by atoms with Gasteiger partial charge in [0.1, 0.15) is 0 Å². The number of piperidine rings is 1. The second-order valence-corrected chi connectivity index (χ2v) is 6.95. The number of hydrogen-bond acceptors (Lipinski definition) is 4. The van der Waals surface area contributed by atoms with E-state index in [0.29, 0.717) is 6.61 Å². The van der Waals surface area contributed by atoms with Crippen LogP contribution in [0, 0.1) is 10.8 Å². The number of rotatable bonds is 9. The molecule has 1 aliphatic heterocycles. The van der Waals surface area contributed by atoms with Gasteiger partial charge >= 0.3 is 0 Å². The fraction of sp³-hybridized carbons (Fsp3) is 0.941. The van der Waals surface area contributed by atoms with E-state index < -0.39 is 0 Å². The van der Waals surface area contributed by atoms with E-state index in [0.717, 1.165) is 52.1 Å². The van der Waals surface area contributed by atoms with Crippen molar-refractivity contribution in [3.63, 3.8) is 0 Å². The Kier molecular flexibility index (Phi) is 8.83. The zero-order chi connectivity index (χ0) is 15.9. The van der Waals surface area contributed by atoms with Crippen molar-refractivity contribution < 1.29 is 14.3 Å². The van der Waals surface area contributed by atoms with Crippen LogP contribution in [-0.4, -0.2) is 52.5 Å². The monoisotopic (exact) mass is 348 g/mol. The van der Waals surface area contributed by atoms with Crippen LogP contribution >= 0.6 is 12.4 Å². The first-order chi connectivity index (χ1) is 10.7. The van der Waals surface area contributed by atoms with Crippen LogP contribution in [0.1, 0.15) is 45.4 Å². The molecule has 0 radical (unpaired) electrons. The Balaban J connectivity index is 0.00000264. The van der Waals surface area contributed by atoms with Crippen molar-refractivity contribution in [2.24, 2.45) is 10.8 Å². The maximum absolute atomic E-state index is 12.8. The highest BCUT2D eigenvalue weighted by atomic mass is 35.5. The van der Waals surface area contributed by atoms with Gasteiger partial charge in [-0.15, -0.1) is 12.4 Å². The molecule has 6 heteroatoms. The maximum Gasteiger partial charge on any atom is 0.228 e. The molecule has 0 bridgehead atoms. The predicted molar refractivity (Wildman–Crippen MR) is 94.1 cm³/mol. The molecular formula is C17H33ClN2O3. The minimum atomic E-state index is -0.342. The van der Waals surface area contributed by atoms with Gasteiger partial charge in [0.05, 0.1) is 12.0 Å². The molecule has 136 valence electrons. The fourth-order valence-electron chi connectivity index (χ4n) is 3.70. The summed E-state index contributed by atoms with van der Waals surface area (Å²) in [6.07, 6.45) is 6.46. The van der Waals surface area contributed by atoms with Crippen LogP contribution in [0.4, 0.5) is 0 Å². The van der Waals surface area contributed by atoms with Crippen molar-refractivity contribution in [2.75, 3.05) is 46.6 Å². The summed E-state index contributed by atoms with van der Waals surface area (Å²) in [5.41, 5.74) is -0.0726. The SMILES string of the molecule is CCOCCC1(CNC(=O)C2(COC)CCNCC2)CCC1.Cl. The first kappa shape index (κ1) is 20.7. The summed E-state index contributed by atoms with van der Waals surface area (Å²) >= 11 is 0. The summed E-state index contributed by atoms with van der Waals surface area (Å²) in [6, 6.07) is 0. The topological polar surface area (TPSA) is 59.6 Å². The Hall–Kier alpha value is -0.360. The third-order valence-corrected chi connectivity index (χ3v) is 5.48. The van der Waals surface area contributed by atoms with E-state index in [1.807, 2.05) is 6.92 Å². The Labute approximate surface area is 146 Å². The average molecular weight is 349 g/mol. The number of methoxy groups -OCH3 is 1. The van der Waals surface area contributed by atoms with Crippen molar-refractivity contribution in [1.29, 1.82) is 0 Å². The molecule has 5 nitrogen and oxygen atoms in total. The van der Waals surface area contributed by atoms with Crippen molar-refractivity contribution in [3.8, 4) is 0 Å². The van der Waals surface area contributed by atoms with Gasteiger partial charge in [-0.05, 0) is 57.5 Å². The molecule has 2 aliphatic rings. The number of halogens is 1. The van der Waals surface area contributed by atoms with E-state index in [-0.39, 0.29) is 29.1 Å². The van der Waals surface area contributed by atoms with Gasteiger partial charge in [-0.2, -0.15) is 0 Å². The lowest BCUT2D eigenvalue weighted by Gasteiger charge is -2.43. The first-order valence-electron chi connectivity index (χ1n) is 8.72. The van der Waals surface area contributed by atoms with Gasteiger partial charge in [0.25, 0.3) is 0 Å². The van der Waals surface area contributed by atoms with Crippen LogP contribution in [0.25, 0.3) is 0 Å². The van der Waals surface area contributed by atoms with Gasteiger partial charge in [-0.25, -0.2) is 0 Å². The molecule has 0 aromatic rings. The Morgan fingerprint density at radius 3 is 2.43 bits per heavy atom. The molecule has 1 saturated carbocycles. The molecule has 1 saturated heterocycles. The van der Waals surface area contributed by atoms with E-state index in [9.17, 15) is 4.79 Å². The van der Waals surface area contributed by atoms with Crippen LogP contribution in [0.5, 0.6) is 0 Å². The second-order valence-electron chi connectivity index (χ2n) is 6.95. The molecule has 2 N–H and O–H groups in total. The van der Waals surface area contributed by atoms with E-state index >= 15 is 0 Å². The summed E-state index contributed by atoms with van der Waals surface area (Å²) in [5, 5.41) is 6.58. The average Bonchev–Trinajstić information content (AvgIpc) is 2.50. The van der Waals surface area contributed by atoms with E-state index in [1.54, 1.807) is 7.11 Å². The standard InChI is InChI=1S/C17H32N2O3.ClH/c1-3-22-12-9-16(5-4-6-16)13-19-15(20)17(14-21-2)7-10-18-11-8-17;/h18H,3-14H2,1-2H3,(H,19,20);1H. The minimum Gasteiger partial charge on any atom is -0.384 e. The highest BCUT2D eigenvalue weighted by Gasteiger charge is 2.42. The number of carbonyl (C=O) groups excluding carboxylic acids is 1. The van der Waals surface area contributed by atoms with Gasteiger partial charge in [0.15, 0.2) is 0 Å². The molecule has 0 spiro atoms. The number of ether oxygens (including phenoxy) is 2. The highest BCUT2D eigenvalue weighted by Crippen LogP contribution is 2.43. The van der Waals surface area contributed by atoms with Crippen LogP contribution in [-0.2, 0) is 14.3 Å². The first-order valence-corrected chi connectivity index (χ1v) is 8.72. The molecule has 0 aromatic carbocycles. The van der Waals surface area contributed by atoms with E-state index in [4.69, 9.17) is 9.47 Å². The smallest absolute Gasteiger partial charge is 0.228 e. The molecule has 23 heavy (non-hydrogen) atoms. The molecule has 0 unspecified atom stereocenters. The molecule has 1 heterocycles.